The Morgan fingerprint density at radius 1 is 0.867 bits per heavy atom. The molecule has 1 aliphatic heterocycles. The van der Waals surface area contributed by atoms with Crippen molar-refractivity contribution in [2.24, 2.45) is 0 Å². The van der Waals surface area contributed by atoms with Crippen LogP contribution < -0.4 is 15.2 Å². The largest absolute Gasteiger partial charge is 0.496 e. The van der Waals surface area contributed by atoms with Gasteiger partial charge in [-0.2, -0.15) is 0 Å². The molecule has 1 heterocycles. The Morgan fingerprint density at radius 3 is 2.50 bits per heavy atom. The van der Waals surface area contributed by atoms with Gasteiger partial charge in [-0.3, -0.25) is 0 Å². The fourth-order valence-corrected chi connectivity index (χ4v) is 4.09. The summed E-state index contributed by atoms with van der Waals surface area (Å²) >= 11 is 0. The highest BCUT2D eigenvalue weighted by molar-refractivity contribution is 5.85. The second kappa shape index (κ2) is 7.23. The number of benzene rings is 4. The maximum absolute atomic E-state index is 14.0. The summed E-state index contributed by atoms with van der Waals surface area (Å²) in [5.41, 5.74) is 12.4. The van der Waals surface area contributed by atoms with Gasteiger partial charge in [0, 0.05) is 16.8 Å². The second-order valence-corrected chi connectivity index (χ2v) is 7.28. The molecule has 0 aliphatic carbocycles. The van der Waals surface area contributed by atoms with Crippen molar-refractivity contribution >= 4 is 5.69 Å². The molecule has 30 heavy (non-hydrogen) atoms. The van der Waals surface area contributed by atoms with Crippen molar-refractivity contribution in [1.82, 2.24) is 0 Å². The minimum absolute atomic E-state index is 0.294. The number of nitrogens with two attached hydrogens (primary N) is 1. The molecule has 4 aromatic carbocycles. The van der Waals surface area contributed by atoms with E-state index in [-0.39, 0.29) is 5.82 Å². The zero-order valence-electron chi connectivity index (χ0n) is 16.4. The molecule has 4 heteroatoms. The molecule has 1 atom stereocenters. The number of rotatable bonds is 3. The summed E-state index contributed by atoms with van der Waals surface area (Å²) < 4.78 is 26.0. The van der Waals surface area contributed by atoms with Crippen LogP contribution in [0.15, 0.2) is 84.9 Å². The van der Waals surface area contributed by atoms with E-state index in [0.29, 0.717) is 11.4 Å². The first-order chi connectivity index (χ1) is 14.7. The summed E-state index contributed by atoms with van der Waals surface area (Å²) in [4.78, 5) is 0. The first-order valence-corrected chi connectivity index (χ1v) is 9.74. The zero-order valence-corrected chi connectivity index (χ0v) is 16.4. The van der Waals surface area contributed by atoms with Gasteiger partial charge in [0.15, 0.2) is 0 Å². The summed E-state index contributed by atoms with van der Waals surface area (Å²) in [5, 5.41) is 0. The van der Waals surface area contributed by atoms with E-state index in [1.165, 1.54) is 12.1 Å². The van der Waals surface area contributed by atoms with Crippen molar-refractivity contribution in [1.29, 1.82) is 0 Å². The number of hydrogen-bond acceptors (Lipinski definition) is 3. The van der Waals surface area contributed by atoms with E-state index < -0.39 is 6.10 Å². The lowest BCUT2D eigenvalue weighted by molar-refractivity contribution is 0.241. The fraction of sp³-hybridized carbons (Fsp3) is 0.0769. The summed E-state index contributed by atoms with van der Waals surface area (Å²) in [6.07, 6.45) is -0.444. The summed E-state index contributed by atoms with van der Waals surface area (Å²) in [6.45, 7) is 0. The molecule has 1 aliphatic rings. The highest BCUT2D eigenvalue weighted by Crippen LogP contribution is 2.49. The highest BCUT2D eigenvalue weighted by Gasteiger charge is 2.30. The molecule has 0 radical (unpaired) electrons. The van der Waals surface area contributed by atoms with Crippen molar-refractivity contribution in [2.45, 2.75) is 6.10 Å². The van der Waals surface area contributed by atoms with E-state index in [0.717, 1.165) is 39.1 Å². The van der Waals surface area contributed by atoms with Crippen molar-refractivity contribution in [3.05, 3.63) is 102 Å². The van der Waals surface area contributed by atoms with Crippen LogP contribution in [0, 0.1) is 5.82 Å². The Bertz CT molecular complexity index is 1250. The first-order valence-electron chi connectivity index (χ1n) is 9.74. The molecule has 0 saturated carbocycles. The van der Waals surface area contributed by atoms with Gasteiger partial charge < -0.3 is 15.2 Å². The number of anilines is 1. The smallest absolute Gasteiger partial charge is 0.150 e. The third kappa shape index (κ3) is 2.98. The van der Waals surface area contributed by atoms with E-state index in [1.54, 1.807) is 13.2 Å². The molecule has 0 amide bonds. The van der Waals surface area contributed by atoms with Crippen molar-refractivity contribution in [2.75, 3.05) is 12.8 Å². The van der Waals surface area contributed by atoms with Gasteiger partial charge in [0.1, 0.15) is 23.4 Å². The SMILES string of the molecule is COc1cccc2c1-c1ccc(-c3ccccc3N)cc1C(c1cccc(F)c1)O2. The Hall–Kier alpha value is -3.79. The van der Waals surface area contributed by atoms with Crippen LogP contribution in [0.25, 0.3) is 22.3 Å². The number of para-hydroxylation sites is 1. The Kier molecular flexibility index (Phi) is 4.40. The van der Waals surface area contributed by atoms with Crippen LogP contribution in [0.3, 0.4) is 0 Å². The third-order valence-corrected chi connectivity index (χ3v) is 5.48. The second-order valence-electron chi connectivity index (χ2n) is 7.28. The predicted molar refractivity (Wildman–Crippen MR) is 117 cm³/mol. The molecule has 0 fully saturated rings. The Balaban J connectivity index is 1.76. The molecule has 5 rings (SSSR count). The number of methoxy groups -OCH3 is 1. The minimum Gasteiger partial charge on any atom is -0.496 e. The predicted octanol–water partition coefficient (Wildman–Crippen LogP) is 6.23. The van der Waals surface area contributed by atoms with E-state index in [1.807, 2.05) is 48.5 Å². The third-order valence-electron chi connectivity index (χ3n) is 5.48. The molecular formula is C26H20FNO2. The van der Waals surface area contributed by atoms with Crippen LogP contribution in [0.2, 0.25) is 0 Å². The van der Waals surface area contributed by atoms with Crippen LogP contribution in [0.4, 0.5) is 10.1 Å². The normalized spacial score (nSPS) is 14.4. The van der Waals surface area contributed by atoms with Crippen LogP contribution in [-0.2, 0) is 0 Å². The van der Waals surface area contributed by atoms with Gasteiger partial charge in [-0.25, -0.2) is 4.39 Å². The van der Waals surface area contributed by atoms with E-state index in [2.05, 4.69) is 18.2 Å². The molecular weight excluding hydrogens is 377 g/mol. The van der Waals surface area contributed by atoms with Crippen LogP contribution >= 0.6 is 0 Å². The van der Waals surface area contributed by atoms with Gasteiger partial charge in [-0.1, -0.05) is 48.5 Å². The Morgan fingerprint density at radius 2 is 1.70 bits per heavy atom. The van der Waals surface area contributed by atoms with Gasteiger partial charge in [0.05, 0.1) is 12.7 Å². The number of ether oxygens (including phenoxy) is 2. The van der Waals surface area contributed by atoms with Crippen molar-refractivity contribution in [3.8, 4) is 33.8 Å². The van der Waals surface area contributed by atoms with Crippen LogP contribution in [0.5, 0.6) is 11.5 Å². The maximum atomic E-state index is 14.0. The van der Waals surface area contributed by atoms with Gasteiger partial charge in [-0.05, 0) is 53.1 Å². The number of halogens is 1. The van der Waals surface area contributed by atoms with Crippen molar-refractivity contribution < 1.29 is 13.9 Å². The molecule has 0 aromatic heterocycles. The van der Waals surface area contributed by atoms with Crippen LogP contribution in [0.1, 0.15) is 17.2 Å². The standard InChI is InChI=1S/C26H20FNO2/c1-29-23-10-5-11-24-25(23)20-13-12-16(19-8-2-3-9-22(19)28)15-21(20)26(30-24)17-6-4-7-18(27)14-17/h2-15,26H,28H2,1H3. The average Bonchev–Trinajstić information content (AvgIpc) is 2.78. The Labute approximate surface area is 174 Å². The minimum atomic E-state index is -0.444. The lowest BCUT2D eigenvalue weighted by atomic mass is 9.86. The lowest BCUT2D eigenvalue weighted by Gasteiger charge is -2.30. The number of fused-ring (bicyclic) bond motifs is 3. The molecule has 0 spiro atoms. The molecule has 0 bridgehead atoms. The maximum Gasteiger partial charge on any atom is 0.150 e. The van der Waals surface area contributed by atoms with E-state index >= 15 is 0 Å². The van der Waals surface area contributed by atoms with E-state index in [9.17, 15) is 4.39 Å². The average molecular weight is 397 g/mol. The monoisotopic (exact) mass is 397 g/mol. The van der Waals surface area contributed by atoms with Crippen molar-refractivity contribution in [3.63, 3.8) is 0 Å². The number of hydrogen-bond donors (Lipinski definition) is 1. The van der Waals surface area contributed by atoms with E-state index in [4.69, 9.17) is 15.2 Å². The summed E-state index contributed by atoms with van der Waals surface area (Å²) in [5.74, 6) is 1.15. The number of nitrogen functional groups attached to an aromatic ring is 1. The topological polar surface area (TPSA) is 44.5 Å². The molecule has 3 nitrogen and oxygen atoms in total. The van der Waals surface area contributed by atoms with Gasteiger partial charge in [0.25, 0.3) is 0 Å². The summed E-state index contributed by atoms with van der Waals surface area (Å²) in [7, 11) is 1.65. The lowest BCUT2D eigenvalue weighted by Crippen LogP contribution is -2.16. The molecule has 4 aromatic rings. The fourth-order valence-electron chi connectivity index (χ4n) is 4.09. The molecule has 148 valence electrons. The van der Waals surface area contributed by atoms with Gasteiger partial charge in [0.2, 0.25) is 0 Å². The first kappa shape index (κ1) is 18.3. The quantitative estimate of drug-likeness (QED) is 0.417. The molecule has 2 N–H and O–H groups in total. The summed E-state index contributed by atoms with van der Waals surface area (Å²) in [6, 6.07) is 26.2. The zero-order chi connectivity index (χ0) is 20.7. The molecule has 0 saturated heterocycles. The highest BCUT2D eigenvalue weighted by atomic mass is 19.1. The molecule has 1 unspecified atom stereocenters. The van der Waals surface area contributed by atoms with Gasteiger partial charge in [-0.15, -0.1) is 0 Å². The van der Waals surface area contributed by atoms with Gasteiger partial charge >= 0.3 is 0 Å². The van der Waals surface area contributed by atoms with Crippen LogP contribution in [-0.4, -0.2) is 7.11 Å².